The molecule has 0 amide bonds. The Morgan fingerprint density at radius 1 is 1.07 bits per heavy atom. The maximum atomic E-state index is 8.54. The summed E-state index contributed by atoms with van der Waals surface area (Å²) in [4.78, 5) is 11.3. The highest BCUT2D eigenvalue weighted by atomic mass is 16.4. The number of nitrogens with zero attached hydrogens (tertiary/aromatic N) is 3. The molecule has 5 nitrogen and oxygen atoms in total. The lowest BCUT2D eigenvalue weighted by Crippen LogP contribution is -2.29. The molecule has 0 unspecified atom stereocenters. The summed E-state index contributed by atoms with van der Waals surface area (Å²) >= 11 is 0. The van der Waals surface area contributed by atoms with Crippen LogP contribution in [0.5, 0.6) is 0 Å². The molecule has 74 valence electrons. The number of pyridine rings is 1. The normalized spacial score (nSPS) is 10.0. The van der Waals surface area contributed by atoms with Crippen LogP contribution in [-0.4, -0.2) is 32.1 Å². The van der Waals surface area contributed by atoms with Crippen LogP contribution in [0.2, 0.25) is 0 Å². The molecule has 2 aliphatic rings. The number of hydrogen-bond acceptors (Lipinski definition) is 5. The fraction of sp³-hybridized carbons (Fsp3) is 0. The van der Waals surface area contributed by atoms with Gasteiger partial charge in [-0.3, -0.25) is 4.98 Å². The largest absolute Gasteiger partial charge is 0.490 e. The van der Waals surface area contributed by atoms with Gasteiger partial charge < -0.3 is 10.0 Å². The molecular weight excluding hydrogens is 193 g/mol. The molecule has 3 rings (SSSR count). The smallest absolute Gasteiger partial charge is 0.423 e. The van der Waals surface area contributed by atoms with E-state index >= 15 is 0 Å². The van der Waals surface area contributed by atoms with Crippen LogP contribution in [0.4, 0.5) is 0 Å². The zero-order chi connectivity index (χ0) is 10.7. The molecule has 2 aliphatic heterocycles. The van der Waals surface area contributed by atoms with Crippen molar-refractivity contribution in [3.05, 3.63) is 36.9 Å². The van der Waals surface area contributed by atoms with E-state index in [1.165, 1.54) is 11.8 Å². The fourth-order valence-corrected chi connectivity index (χ4v) is 0.989. The third-order valence-electron chi connectivity index (χ3n) is 1.89. The molecule has 0 aromatic carbocycles. The van der Waals surface area contributed by atoms with Crippen molar-refractivity contribution in [2.45, 2.75) is 0 Å². The van der Waals surface area contributed by atoms with E-state index in [2.05, 4.69) is 15.0 Å². The average molecular weight is 201 g/mol. The molecule has 15 heavy (non-hydrogen) atoms. The molecule has 0 spiro atoms. The van der Waals surface area contributed by atoms with Gasteiger partial charge in [0.05, 0.1) is 5.56 Å². The minimum Gasteiger partial charge on any atom is -0.423 e. The van der Waals surface area contributed by atoms with Crippen molar-refractivity contribution >= 4 is 12.6 Å². The third-order valence-corrected chi connectivity index (χ3v) is 1.89. The van der Waals surface area contributed by atoms with Gasteiger partial charge in [0.25, 0.3) is 0 Å². The highest BCUT2D eigenvalue weighted by molar-refractivity contribution is 6.58. The van der Waals surface area contributed by atoms with Crippen LogP contribution in [0.15, 0.2) is 36.9 Å². The van der Waals surface area contributed by atoms with Crippen LogP contribution in [-0.2, 0) is 0 Å². The summed E-state index contributed by atoms with van der Waals surface area (Å²) in [6.45, 7) is 0. The van der Waals surface area contributed by atoms with Crippen molar-refractivity contribution in [3.8, 4) is 11.4 Å². The van der Waals surface area contributed by atoms with Gasteiger partial charge in [0.2, 0.25) is 0 Å². The summed E-state index contributed by atoms with van der Waals surface area (Å²) in [5.41, 5.74) is 1.62. The molecule has 2 N–H and O–H groups in total. The van der Waals surface area contributed by atoms with Crippen LogP contribution in [0, 0.1) is 0 Å². The lowest BCUT2D eigenvalue weighted by molar-refractivity contribution is 0.425. The second kappa shape index (κ2) is 4.16. The Bertz CT molecular complexity index is 412. The molecule has 0 radical (unpaired) electrons. The van der Waals surface area contributed by atoms with Gasteiger partial charge in [-0.05, 0) is 6.07 Å². The third kappa shape index (κ3) is 2.17. The molecule has 6 heteroatoms. The summed E-state index contributed by atoms with van der Waals surface area (Å²) in [5, 5.41) is 17.1. The van der Waals surface area contributed by atoms with Gasteiger partial charge in [-0.2, -0.15) is 0 Å². The van der Waals surface area contributed by atoms with Gasteiger partial charge in [-0.25, -0.2) is 9.97 Å². The number of fused-ring (bicyclic) bond motifs is 1. The van der Waals surface area contributed by atoms with E-state index in [-0.39, 0.29) is 0 Å². The second-order valence-corrected chi connectivity index (χ2v) is 2.96. The first-order chi connectivity index (χ1) is 7.27. The lowest BCUT2D eigenvalue weighted by atomic mass is 9.82. The maximum absolute atomic E-state index is 8.54. The minimum absolute atomic E-state index is 0.414. The molecule has 3 heterocycles. The lowest BCUT2D eigenvalue weighted by Gasteiger charge is -2.06. The molecule has 1 aromatic rings. The fourth-order valence-electron chi connectivity index (χ4n) is 0.989. The van der Waals surface area contributed by atoms with E-state index < -0.39 is 7.12 Å². The monoisotopic (exact) mass is 201 g/mol. The van der Waals surface area contributed by atoms with E-state index in [1.807, 2.05) is 12.4 Å². The first-order valence-corrected chi connectivity index (χ1v) is 4.36. The first-order valence-electron chi connectivity index (χ1n) is 4.36. The van der Waals surface area contributed by atoms with Crippen molar-refractivity contribution in [2.75, 3.05) is 0 Å². The van der Waals surface area contributed by atoms with E-state index in [0.29, 0.717) is 5.46 Å². The molecule has 0 saturated heterocycles. The number of aromatic nitrogens is 3. The highest BCUT2D eigenvalue weighted by Gasteiger charge is 2.09. The van der Waals surface area contributed by atoms with Gasteiger partial charge in [0.15, 0.2) is 5.82 Å². The zero-order valence-corrected chi connectivity index (χ0v) is 7.78. The standard InChI is InChI=1S/C5H6BNO2.C4H2N2/c8-6(9)5-2-1-3-7-4-5;1-3-2-6-4(3)5-1/h1-4,8-9H;1-2H. The summed E-state index contributed by atoms with van der Waals surface area (Å²) in [5.74, 6) is 0.926. The van der Waals surface area contributed by atoms with Crippen LogP contribution >= 0.6 is 0 Å². The van der Waals surface area contributed by atoms with Crippen molar-refractivity contribution in [2.24, 2.45) is 0 Å². The molecule has 0 fully saturated rings. The molecule has 0 atom stereocenters. The number of hydrogen-bond donors (Lipinski definition) is 2. The SMILES string of the molecule is OB(O)c1cccnc1.c1nc2ncc1-2. The van der Waals surface area contributed by atoms with Crippen molar-refractivity contribution in [1.29, 1.82) is 0 Å². The summed E-state index contributed by atoms with van der Waals surface area (Å²) in [6, 6.07) is 3.24. The molecule has 0 saturated carbocycles. The van der Waals surface area contributed by atoms with Crippen LogP contribution in [0.1, 0.15) is 0 Å². The molecule has 0 bridgehead atoms. The maximum Gasteiger partial charge on any atom is 0.490 e. The van der Waals surface area contributed by atoms with Gasteiger partial charge in [0.1, 0.15) is 0 Å². The van der Waals surface area contributed by atoms with Gasteiger partial charge in [-0.1, -0.05) is 6.07 Å². The Balaban J connectivity index is 0.000000121. The Hall–Kier alpha value is -1.79. The molecule has 1 aromatic heterocycles. The second-order valence-electron chi connectivity index (χ2n) is 2.96. The number of rotatable bonds is 1. The molecular formula is C9H8BN3O2. The summed E-state index contributed by atoms with van der Waals surface area (Å²) in [6.07, 6.45) is 6.60. The summed E-state index contributed by atoms with van der Waals surface area (Å²) in [7, 11) is -1.40. The molecule has 0 aliphatic carbocycles. The topological polar surface area (TPSA) is 79.1 Å². The van der Waals surface area contributed by atoms with E-state index in [9.17, 15) is 0 Å². The predicted octanol–water partition coefficient (Wildman–Crippen LogP) is -0.782. The van der Waals surface area contributed by atoms with Crippen molar-refractivity contribution in [3.63, 3.8) is 0 Å². The van der Waals surface area contributed by atoms with E-state index in [4.69, 9.17) is 10.0 Å². The van der Waals surface area contributed by atoms with Crippen molar-refractivity contribution in [1.82, 2.24) is 15.0 Å². The Kier molecular flexibility index (Phi) is 2.71. The van der Waals surface area contributed by atoms with Crippen molar-refractivity contribution < 1.29 is 10.0 Å². The van der Waals surface area contributed by atoms with Crippen LogP contribution in [0.3, 0.4) is 0 Å². The van der Waals surface area contributed by atoms with E-state index in [1.54, 1.807) is 18.3 Å². The quantitative estimate of drug-likeness (QED) is 0.504. The van der Waals surface area contributed by atoms with Crippen LogP contribution < -0.4 is 5.46 Å². The van der Waals surface area contributed by atoms with Gasteiger partial charge in [0, 0.05) is 30.3 Å². The van der Waals surface area contributed by atoms with Gasteiger partial charge in [-0.15, -0.1) is 0 Å². The highest BCUT2D eigenvalue weighted by Crippen LogP contribution is 2.20. The Morgan fingerprint density at radius 2 is 1.73 bits per heavy atom. The predicted molar refractivity (Wildman–Crippen MR) is 55.1 cm³/mol. The summed E-state index contributed by atoms with van der Waals surface area (Å²) < 4.78 is 0. The van der Waals surface area contributed by atoms with Crippen LogP contribution in [0.25, 0.3) is 11.4 Å². The Labute approximate surface area is 86.6 Å². The first kappa shape index (κ1) is 9.76. The minimum atomic E-state index is -1.40. The average Bonchev–Trinajstić information content (AvgIpc) is 2.25. The zero-order valence-electron chi connectivity index (χ0n) is 7.78. The Morgan fingerprint density at radius 3 is 1.93 bits per heavy atom. The van der Waals surface area contributed by atoms with Gasteiger partial charge >= 0.3 is 7.12 Å². The van der Waals surface area contributed by atoms with E-state index in [0.717, 1.165) is 5.82 Å².